The van der Waals surface area contributed by atoms with Gasteiger partial charge in [0.25, 0.3) is 0 Å². The molecule has 3 aromatic carbocycles. The first kappa shape index (κ1) is 19.2. The van der Waals surface area contributed by atoms with E-state index in [1.54, 1.807) is 0 Å². The number of likely N-dealkylation sites (tertiary alicyclic amines) is 1. The summed E-state index contributed by atoms with van der Waals surface area (Å²) in [7, 11) is 2.08. The van der Waals surface area contributed by atoms with E-state index in [1.807, 2.05) is 30.3 Å². The van der Waals surface area contributed by atoms with E-state index in [1.165, 1.54) is 22.3 Å². The second-order valence-corrected chi connectivity index (χ2v) is 8.61. The van der Waals surface area contributed by atoms with Crippen molar-refractivity contribution in [2.75, 3.05) is 26.7 Å². The number of hydrogen-bond acceptors (Lipinski definition) is 3. The molecule has 0 atom stereocenters. The summed E-state index contributed by atoms with van der Waals surface area (Å²) in [6.07, 6.45) is 2.21. The number of Topliss-reactive ketones (excluding diaryl/α,β-unsaturated/α-hetero) is 1. The minimum atomic E-state index is 0.196. The maximum Gasteiger partial charge on any atom is 0.176 e. The van der Waals surface area contributed by atoms with Crippen molar-refractivity contribution in [2.45, 2.75) is 24.9 Å². The molecule has 5 rings (SSSR count). The van der Waals surface area contributed by atoms with E-state index in [4.69, 9.17) is 0 Å². The maximum absolute atomic E-state index is 12.6. The van der Waals surface area contributed by atoms with E-state index < -0.39 is 0 Å². The van der Waals surface area contributed by atoms with Crippen molar-refractivity contribution in [3.63, 3.8) is 0 Å². The monoisotopic (exact) mass is 396 g/mol. The van der Waals surface area contributed by atoms with Gasteiger partial charge in [0.1, 0.15) is 0 Å². The lowest BCUT2D eigenvalue weighted by atomic mass is 9.90. The lowest BCUT2D eigenvalue weighted by Gasteiger charge is -2.48. The summed E-state index contributed by atoms with van der Waals surface area (Å²) in [5.41, 5.74) is 6.63. The molecule has 1 aliphatic carbocycles. The van der Waals surface area contributed by atoms with Gasteiger partial charge in [0.2, 0.25) is 0 Å². The molecule has 3 aromatic rings. The molecule has 0 saturated carbocycles. The molecule has 0 amide bonds. The van der Waals surface area contributed by atoms with Gasteiger partial charge in [-0.2, -0.15) is 0 Å². The number of nitrogens with zero attached hydrogens (tertiary/aromatic N) is 2. The lowest BCUT2D eigenvalue weighted by Crippen LogP contribution is -2.60. The van der Waals surface area contributed by atoms with Crippen molar-refractivity contribution in [3.8, 4) is 0 Å². The molecule has 1 aliphatic heterocycles. The number of rotatable bonds is 5. The summed E-state index contributed by atoms with van der Waals surface area (Å²) < 4.78 is 0. The highest BCUT2D eigenvalue weighted by Gasteiger charge is 2.38. The molecule has 0 spiro atoms. The molecule has 1 fully saturated rings. The molecule has 0 radical (unpaired) electrons. The third kappa shape index (κ3) is 3.60. The van der Waals surface area contributed by atoms with Crippen LogP contribution in [0.4, 0.5) is 0 Å². The first-order valence-electron chi connectivity index (χ1n) is 10.9. The highest BCUT2D eigenvalue weighted by Crippen LogP contribution is 2.39. The Bertz CT molecular complexity index is 992. The molecule has 0 aromatic heterocycles. The fraction of sp³-hybridized carbons (Fsp3) is 0.296. The van der Waals surface area contributed by atoms with Crippen molar-refractivity contribution in [2.24, 2.45) is 0 Å². The third-order valence-corrected chi connectivity index (χ3v) is 6.73. The molecule has 3 nitrogen and oxygen atoms in total. The molecule has 0 bridgehead atoms. The second kappa shape index (κ2) is 8.17. The van der Waals surface area contributed by atoms with Crippen molar-refractivity contribution in [3.05, 3.63) is 107 Å². The summed E-state index contributed by atoms with van der Waals surface area (Å²) in [4.78, 5) is 17.4. The van der Waals surface area contributed by atoms with Gasteiger partial charge in [-0.3, -0.25) is 14.6 Å². The number of hydrogen-bond donors (Lipinski definition) is 0. The summed E-state index contributed by atoms with van der Waals surface area (Å²) >= 11 is 0. The number of fused-ring (bicyclic) bond motifs is 2. The standard InChI is InChI=1S/C27H28N2O/c1-28(19-26(30)22-11-3-2-4-12-22)23-17-29(18-23)27-24-13-7-5-9-20(24)15-16-21-10-6-8-14-25(21)27/h2-14,23,27H,15-19H2,1H3. The maximum atomic E-state index is 12.6. The van der Waals surface area contributed by atoms with Gasteiger partial charge in [-0.25, -0.2) is 0 Å². The largest absolute Gasteiger partial charge is 0.293 e. The van der Waals surface area contributed by atoms with Crippen molar-refractivity contribution < 1.29 is 4.79 Å². The summed E-state index contributed by atoms with van der Waals surface area (Å²) in [5, 5.41) is 0. The molecule has 3 heteroatoms. The van der Waals surface area contributed by atoms with Gasteiger partial charge in [-0.15, -0.1) is 0 Å². The molecule has 0 unspecified atom stereocenters. The van der Waals surface area contributed by atoms with E-state index in [2.05, 4.69) is 65.4 Å². The number of carbonyl (C=O) groups is 1. The van der Waals surface area contributed by atoms with E-state index in [-0.39, 0.29) is 5.78 Å². The molecule has 30 heavy (non-hydrogen) atoms. The normalized spacial score (nSPS) is 17.1. The minimum Gasteiger partial charge on any atom is -0.293 e. The molecule has 0 N–H and O–H groups in total. The minimum absolute atomic E-state index is 0.196. The summed E-state index contributed by atoms with van der Waals surface area (Å²) in [6.45, 7) is 2.46. The van der Waals surface area contributed by atoms with Crippen molar-refractivity contribution in [1.82, 2.24) is 9.80 Å². The van der Waals surface area contributed by atoms with Gasteiger partial charge in [-0.05, 0) is 42.1 Å². The molecule has 1 heterocycles. The number of carbonyl (C=O) groups excluding carboxylic acids is 1. The Morgan fingerprint density at radius 3 is 1.97 bits per heavy atom. The zero-order valence-corrected chi connectivity index (χ0v) is 17.5. The fourth-order valence-electron chi connectivity index (χ4n) is 4.94. The Balaban J connectivity index is 1.33. The fourth-order valence-corrected chi connectivity index (χ4v) is 4.94. The quantitative estimate of drug-likeness (QED) is 0.598. The van der Waals surface area contributed by atoms with E-state index in [9.17, 15) is 4.79 Å². The van der Waals surface area contributed by atoms with Crippen LogP contribution in [0.25, 0.3) is 0 Å². The Morgan fingerprint density at radius 2 is 1.37 bits per heavy atom. The van der Waals surface area contributed by atoms with Gasteiger partial charge in [-0.1, -0.05) is 78.9 Å². The van der Waals surface area contributed by atoms with Gasteiger partial charge in [0, 0.05) is 24.7 Å². The van der Waals surface area contributed by atoms with Gasteiger partial charge < -0.3 is 0 Å². The summed E-state index contributed by atoms with van der Waals surface area (Å²) in [6, 6.07) is 28.2. The Kier molecular flexibility index (Phi) is 5.24. The third-order valence-electron chi connectivity index (χ3n) is 6.73. The van der Waals surface area contributed by atoms with E-state index in [0.29, 0.717) is 18.6 Å². The van der Waals surface area contributed by atoms with Crippen LogP contribution in [0.5, 0.6) is 0 Å². The average Bonchev–Trinajstić information content (AvgIpc) is 2.91. The van der Waals surface area contributed by atoms with Crippen molar-refractivity contribution in [1.29, 1.82) is 0 Å². The van der Waals surface area contributed by atoms with Gasteiger partial charge in [0.15, 0.2) is 5.78 Å². The van der Waals surface area contributed by atoms with Crippen LogP contribution >= 0.6 is 0 Å². The van der Waals surface area contributed by atoms with Crippen LogP contribution in [0.2, 0.25) is 0 Å². The molecular weight excluding hydrogens is 368 g/mol. The van der Waals surface area contributed by atoms with Crippen LogP contribution in [0.1, 0.15) is 38.7 Å². The lowest BCUT2D eigenvalue weighted by molar-refractivity contribution is 0.0273. The Labute approximate surface area is 178 Å². The molecule has 1 saturated heterocycles. The predicted octanol–water partition coefficient (Wildman–Crippen LogP) is 4.37. The van der Waals surface area contributed by atoms with Gasteiger partial charge in [0.05, 0.1) is 12.6 Å². The van der Waals surface area contributed by atoms with E-state index >= 15 is 0 Å². The highest BCUT2D eigenvalue weighted by atomic mass is 16.1. The highest BCUT2D eigenvalue weighted by molar-refractivity contribution is 5.97. The van der Waals surface area contributed by atoms with Crippen LogP contribution in [0.3, 0.4) is 0 Å². The van der Waals surface area contributed by atoms with Crippen LogP contribution in [0, 0.1) is 0 Å². The molecule has 2 aliphatic rings. The first-order valence-corrected chi connectivity index (χ1v) is 10.9. The Hall–Kier alpha value is -2.75. The first-order chi connectivity index (χ1) is 14.7. The molecule has 152 valence electrons. The number of ketones is 1. The van der Waals surface area contributed by atoms with Crippen LogP contribution in [-0.4, -0.2) is 48.3 Å². The van der Waals surface area contributed by atoms with Crippen LogP contribution in [-0.2, 0) is 12.8 Å². The smallest absolute Gasteiger partial charge is 0.176 e. The van der Waals surface area contributed by atoms with Crippen LogP contribution in [0.15, 0.2) is 78.9 Å². The topological polar surface area (TPSA) is 23.6 Å². The Morgan fingerprint density at radius 1 is 0.833 bits per heavy atom. The number of benzene rings is 3. The summed E-state index contributed by atoms with van der Waals surface area (Å²) in [5.74, 6) is 0.196. The predicted molar refractivity (Wildman–Crippen MR) is 121 cm³/mol. The zero-order valence-electron chi connectivity index (χ0n) is 17.5. The van der Waals surface area contributed by atoms with Crippen molar-refractivity contribution >= 4 is 5.78 Å². The number of likely N-dealkylation sites (N-methyl/N-ethyl adjacent to an activating group) is 1. The van der Waals surface area contributed by atoms with Crippen LogP contribution < -0.4 is 0 Å². The zero-order chi connectivity index (χ0) is 20.5. The SMILES string of the molecule is CN(CC(=O)c1ccccc1)C1CN(C2c3ccccc3CCc3ccccc32)C1. The molecular formula is C27H28N2O. The average molecular weight is 397 g/mol. The van der Waals surface area contributed by atoms with E-state index in [0.717, 1.165) is 31.5 Å². The number of aryl methyl sites for hydroxylation is 2. The second-order valence-electron chi connectivity index (χ2n) is 8.61. The van der Waals surface area contributed by atoms with Gasteiger partial charge >= 0.3 is 0 Å².